The Morgan fingerprint density at radius 2 is 2.17 bits per heavy atom. The molecule has 2 aliphatic heterocycles. The molecule has 0 radical (unpaired) electrons. The quantitative estimate of drug-likeness (QED) is 0.710. The van der Waals surface area contributed by atoms with Gasteiger partial charge in [0, 0.05) is 13.6 Å². The van der Waals surface area contributed by atoms with Crippen molar-refractivity contribution in [3.63, 3.8) is 0 Å². The van der Waals surface area contributed by atoms with Gasteiger partial charge in [0.2, 0.25) is 5.91 Å². The summed E-state index contributed by atoms with van der Waals surface area (Å²) in [5.74, 6) is -0.959. The lowest BCUT2D eigenvalue weighted by Crippen LogP contribution is -2.63. The SMILES string of the molecule is CN1C(=O)C2CNCC(=O)N2c2c(F)cccc21. The standard InChI is InChI=1S/C12H12FN3O2/c1-15-8-4-2-3-7(13)11(8)16-9(12(15)18)5-14-6-10(16)17/h2-4,9,14H,5-6H2,1H3. The van der Waals surface area contributed by atoms with E-state index in [0.29, 0.717) is 12.2 Å². The van der Waals surface area contributed by atoms with Crippen LogP contribution in [0, 0.1) is 5.82 Å². The number of amides is 2. The molecule has 1 atom stereocenters. The maximum Gasteiger partial charge on any atom is 0.251 e. The van der Waals surface area contributed by atoms with Crippen LogP contribution in [0.1, 0.15) is 0 Å². The topological polar surface area (TPSA) is 52.7 Å². The fourth-order valence-corrected chi connectivity index (χ4v) is 2.50. The number of likely N-dealkylation sites (N-methyl/N-ethyl adjacent to an activating group) is 1. The lowest BCUT2D eigenvalue weighted by molar-refractivity contribution is -0.126. The van der Waals surface area contributed by atoms with Gasteiger partial charge in [0.25, 0.3) is 5.91 Å². The molecule has 2 amide bonds. The number of hydrogen-bond acceptors (Lipinski definition) is 3. The molecule has 1 fully saturated rings. The van der Waals surface area contributed by atoms with Crippen molar-refractivity contribution in [2.45, 2.75) is 6.04 Å². The number of rotatable bonds is 0. The minimum atomic E-state index is -0.652. The van der Waals surface area contributed by atoms with Gasteiger partial charge in [0.15, 0.2) is 0 Å². The maximum absolute atomic E-state index is 14.0. The average molecular weight is 249 g/mol. The highest BCUT2D eigenvalue weighted by Gasteiger charge is 2.43. The Labute approximate surface area is 103 Å². The van der Waals surface area contributed by atoms with E-state index in [0.717, 1.165) is 0 Å². The number of carbonyl (C=O) groups excluding carboxylic acids is 2. The zero-order valence-corrected chi connectivity index (χ0v) is 9.81. The Balaban J connectivity index is 2.22. The number of para-hydroxylation sites is 1. The van der Waals surface area contributed by atoms with E-state index in [9.17, 15) is 14.0 Å². The van der Waals surface area contributed by atoms with E-state index in [2.05, 4.69) is 5.32 Å². The fourth-order valence-electron chi connectivity index (χ4n) is 2.50. The molecule has 1 aromatic rings. The predicted molar refractivity (Wildman–Crippen MR) is 64.0 cm³/mol. The van der Waals surface area contributed by atoms with Crippen LogP contribution in [0.5, 0.6) is 0 Å². The van der Waals surface area contributed by atoms with Gasteiger partial charge in [-0.1, -0.05) is 6.07 Å². The highest BCUT2D eigenvalue weighted by atomic mass is 19.1. The lowest BCUT2D eigenvalue weighted by atomic mass is 10.0. The summed E-state index contributed by atoms with van der Waals surface area (Å²) in [6.07, 6.45) is 0. The summed E-state index contributed by atoms with van der Waals surface area (Å²) < 4.78 is 14.0. The van der Waals surface area contributed by atoms with Crippen LogP contribution in [-0.4, -0.2) is 38.0 Å². The monoisotopic (exact) mass is 249 g/mol. The number of nitrogens with one attached hydrogen (secondary N) is 1. The van der Waals surface area contributed by atoms with Crippen molar-refractivity contribution in [2.75, 3.05) is 29.9 Å². The number of piperazine rings is 1. The summed E-state index contributed by atoms with van der Waals surface area (Å²) in [7, 11) is 1.59. The molecule has 94 valence electrons. The number of fused-ring (bicyclic) bond motifs is 3. The molecule has 0 aliphatic carbocycles. The van der Waals surface area contributed by atoms with Crippen LogP contribution in [0.4, 0.5) is 15.8 Å². The van der Waals surface area contributed by atoms with Gasteiger partial charge in [0.1, 0.15) is 17.5 Å². The van der Waals surface area contributed by atoms with Crippen LogP contribution in [0.15, 0.2) is 18.2 Å². The predicted octanol–water partition coefficient (Wildman–Crippen LogP) is 0.107. The zero-order chi connectivity index (χ0) is 12.9. The van der Waals surface area contributed by atoms with Crippen LogP contribution in [0.25, 0.3) is 0 Å². The smallest absolute Gasteiger partial charge is 0.251 e. The molecule has 5 nitrogen and oxygen atoms in total. The van der Waals surface area contributed by atoms with Gasteiger partial charge in [-0.2, -0.15) is 0 Å². The zero-order valence-electron chi connectivity index (χ0n) is 9.81. The molecule has 1 unspecified atom stereocenters. The minimum absolute atomic E-state index is 0.126. The largest absolute Gasteiger partial charge is 0.312 e. The molecule has 1 N–H and O–H groups in total. The molecule has 1 aromatic carbocycles. The minimum Gasteiger partial charge on any atom is -0.312 e. The molecule has 18 heavy (non-hydrogen) atoms. The molecular weight excluding hydrogens is 237 g/mol. The summed E-state index contributed by atoms with van der Waals surface area (Å²) >= 11 is 0. The first kappa shape index (κ1) is 11.2. The van der Waals surface area contributed by atoms with Gasteiger partial charge >= 0.3 is 0 Å². The highest BCUT2D eigenvalue weighted by molar-refractivity contribution is 6.14. The molecular formula is C12H12FN3O2. The van der Waals surface area contributed by atoms with Crippen molar-refractivity contribution in [1.29, 1.82) is 0 Å². The van der Waals surface area contributed by atoms with Gasteiger partial charge in [-0.25, -0.2) is 4.39 Å². The van der Waals surface area contributed by atoms with E-state index in [-0.39, 0.29) is 24.0 Å². The van der Waals surface area contributed by atoms with Crippen LogP contribution in [0.3, 0.4) is 0 Å². The third-order valence-corrected chi connectivity index (χ3v) is 3.38. The molecule has 2 heterocycles. The van der Waals surface area contributed by atoms with E-state index < -0.39 is 11.9 Å². The maximum atomic E-state index is 14.0. The molecule has 0 aromatic heterocycles. The molecule has 0 bridgehead atoms. The molecule has 2 aliphatic rings. The number of nitrogens with zero attached hydrogens (tertiary/aromatic N) is 2. The number of hydrogen-bond donors (Lipinski definition) is 1. The number of carbonyl (C=O) groups is 2. The van der Waals surface area contributed by atoms with Crippen molar-refractivity contribution in [1.82, 2.24) is 5.32 Å². The van der Waals surface area contributed by atoms with Crippen molar-refractivity contribution < 1.29 is 14.0 Å². The second kappa shape index (κ2) is 3.78. The van der Waals surface area contributed by atoms with Crippen molar-refractivity contribution in [3.05, 3.63) is 24.0 Å². The van der Waals surface area contributed by atoms with Gasteiger partial charge in [-0.3, -0.25) is 14.5 Å². The van der Waals surface area contributed by atoms with Crippen molar-refractivity contribution in [2.24, 2.45) is 0 Å². The van der Waals surface area contributed by atoms with Crippen LogP contribution < -0.4 is 15.1 Å². The van der Waals surface area contributed by atoms with Crippen molar-refractivity contribution >= 4 is 23.2 Å². The molecule has 6 heteroatoms. The van der Waals surface area contributed by atoms with Gasteiger partial charge < -0.3 is 10.2 Å². The number of benzene rings is 1. The lowest BCUT2D eigenvalue weighted by Gasteiger charge is -2.42. The first-order valence-corrected chi connectivity index (χ1v) is 5.70. The Bertz CT molecular complexity index is 546. The number of halogens is 1. The third kappa shape index (κ3) is 1.35. The first-order valence-electron chi connectivity index (χ1n) is 5.70. The summed E-state index contributed by atoms with van der Waals surface area (Å²) in [5.41, 5.74) is 0.641. The van der Waals surface area contributed by atoms with E-state index in [1.165, 1.54) is 21.9 Å². The highest BCUT2D eigenvalue weighted by Crippen LogP contribution is 2.37. The summed E-state index contributed by atoms with van der Waals surface area (Å²) in [4.78, 5) is 26.8. The van der Waals surface area contributed by atoms with Crippen LogP contribution >= 0.6 is 0 Å². The van der Waals surface area contributed by atoms with E-state index >= 15 is 0 Å². The molecule has 0 spiro atoms. The first-order chi connectivity index (χ1) is 8.61. The van der Waals surface area contributed by atoms with Gasteiger partial charge in [0.05, 0.1) is 12.2 Å². The number of anilines is 2. The normalized spacial score (nSPS) is 22.9. The Kier molecular flexibility index (Phi) is 2.34. The van der Waals surface area contributed by atoms with Crippen LogP contribution in [-0.2, 0) is 9.59 Å². The second-order valence-electron chi connectivity index (χ2n) is 4.42. The van der Waals surface area contributed by atoms with Crippen LogP contribution in [0.2, 0.25) is 0 Å². The van der Waals surface area contributed by atoms with Gasteiger partial charge in [-0.15, -0.1) is 0 Å². The molecule has 1 saturated heterocycles. The van der Waals surface area contributed by atoms with Crippen molar-refractivity contribution in [3.8, 4) is 0 Å². The third-order valence-electron chi connectivity index (χ3n) is 3.38. The second-order valence-corrected chi connectivity index (χ2v) is 4.42. The van der Waals surface area contributed by atoms with E-state index in [4.69, 9.17) is 0 Å². The fraction of sp³-hybridized carbons (Fsp3) is 0.333. The summed E-state index contributed by atoms with van der Waals surface area (Å²) in [6, 6.07) is 3.82. The Morgan fingerprint density at radius 3 is 2.94 bits per heavy atom. The van der Waals surface area contributed by atoms with E-state index in [1.807, 2.05) is 0 Å². The summed E-state index contributed by atoms with van der Waals surface area (Å²) in [5, 5.41) is 2.87. The Hall–Kier alpha value is -1.95. The molecule has 3 rings (SSSR count). The van der Waals surface area contributed by atoms with E-state index in [1.54, 1.807) is 13.1 Å². The average Bonchev–Trinajstić information content (AvgIpc) is 2.36. The Morgan fingerprint density at radius 1 is 1.39 bits per heavy atom. The molecule has 0 saturated carbocycles. The van der Waals surface area contributed by atoms with Gasteiger partial charge in [-0.05, 0) is 12.1 Å². The summed E-state index contributed by atoms with van der Waals surface area (Å²) in [6.45, 7) is 0.476.